The molecule has 0 bridgehead atoms. The number of likely N-dealkylation sites (tertiary alicyclic amines) is 1. The average molecular weight is 402 g/mol. The summed E-state index contributed by atoms with van der Waals surface area (Å²) in [6.45, 7) is 0.247. The van der Waals surface area contributed by atoms with E-state index in [-0.39, 0.29) is 12.5 Å². The lowest BCUT2D eigenvalue weighted by Gasteiger charge is -2.18. The molecule has 6 nitrogen and oxygen atoms in total. The first-order valence-electron chi connectivity index (χ1n) is 8.91. The maximum atomic E-state index is 13.0. The van der Waals surface area contributed by atoms with Gasteiger partial charge in [-0.2, -0.15) is 18.3 Å². The predicted octanol–water partition coefficient (Wildman–Crippen LogP) is 3.39. The van der Waals surface area contributed by atoms with E-state index >= 15 is 0 Å². The molecule has 29 heavy (non-hydrogen) atoms. The highest BCUT2D eigenvalue weighted by Crippen LogP contribution is 2.36. The van der Waals surface area contributed by atoms with E-state index in [0.717, 1.165) is 17.5 Å². The zero-order valence-corrected chi connectivity index (χ0v) is 15.3. The Morgan fingerprint density at radius 3 is 2.62 bits per heavy atom. The topological polar surface area (TPSA) is 78.1 Å². The number of H-pyrrole nitrogens is 1. The van der Waals surface area contributed by atoms with Crippen LogP contribution in [0.25, 0.3) is 10.9 Å². The number of nitrogens with one attached hydrogen (secondary N) is 2. The molecule has 2 aromatic carbocycles. The summed E-state index contributed by atoms with van der Waals surface area (Å²) in [5.41, 5.74) is 0.853. The molecule has 0 unspecified atom stereocenters. The van der Waals surface area contributed by atoms with Crippen LogP contribution in [0.5, 0.6) is 0 Å². The second-order valence-electron chi connectivity index (χ2n) is 7.05. The molecular weight excluding hydrogens is 385 g/mol. The van der Waals surface area contributed by atoms with Crippen LogP contribution in [-0.2, 0) is 15.8 Å². The van der Waals surface area contributed by atoms with Gasteiger partial charge in [0.15, 0.2) is 0 Å². The van der Waals surface area contributed by atoms with Gasteiger partial charge in [-0.3, -0.25) is 14.7 Å². The Balaban J connectivity index is 1.62. The first-order valence-corrected chi connectivity index (χ1v) is 8.91. The van der Waals surface area contributed by atoms with Gasteiger partial charge in [0.2, 0.25) is 11.8 Å². The van der Waals surface area contributed by atoms with Gasteiger partial charge in [0, 0.05) is 24.9 Å². The van der Waals surface area contributed by atoms with E-state index in [9.17, 15) is 22.8 Å². The van der Waals surface area contributed by atoms with E-state index in [1.165, 1.54) is 17.0 Å². The van der Waals surface area contributed by atoms with E-state index in [1.54, 1.807) is 25.4 Å². The predicted molar refractivity (Wildman–Crippen MR) is 100 cm³/mol. The van der Waals surface area contributed by atoms with Crippen molar-refractivity contribution in [1.82, 2.24) is 15.1 Å². The van der Waals surface area contributed by atoms with Crippen LogP contribution in [-0.4, -0.2) is 40.5 Å². The molecule has 1 saturated heterocycles. The molecule has 0 aliphatic carbocycles. The van der Waals surface area contributed by atoms with Gasteiger partial charge >= 0.3 is 6.18 Å². The molecule has 1 aromatic heterocycles. The number of alkyl halides is 3. The molecule has 2 heterocycles. The van der Waals surface area contributed by atoms with Gasteiger partial charge in [0.1, 0.15) is 5.92 Å². The maximum absolute atomic E-state index is 13.0. The van der Waals surface area contributed by atoms with Gasteiger partial charge < -0.3 is 10.2 Å². The molecule has 2 amide bonds. The van der Waals surface area contributed by atoms with E-state index < -0.39 is 29.5 Å². The summed E-state index contributed by atoms with van der Waals surface area (Å²) in [5, 5.41) is 10.3. The van der Waals surface area contributed by atoms with Crippen molar-refractivity contribution in [2.24, 2.45) is 5.92 Å². The highest BCUT2D eigenvalue weighted by molar-refractivity contribution is 6.10. The third kappa shape index (κ3) is 3.43. The Kier molecular flexibility index (Phi) is 4.52. The summed E-state index contributed by atoms with van der Waals surface area (Å²) >= 11 is 0. The van der Waals surface area contributed by atoms with Gasteiger partial charge in [-0.15, -0.1) is 0 Å². The Labute approximate surface area is 163 Å². The number of para-hydroxylation sites is 1. The molecule has 0 spiro atoms. The number of rotatable bonds is 3. The van der Waals surface area contributed by atoms with Crippen LogP contribution in [0.1, 0.15) is 17.0 Å². The summed E-state index contributed by atoms with van der Waals surface area (Å²) in [7, 11) is 1.57. The Morgan fingerprint density at radius 2 is 1.93 bits per heavy atom. The molecule has 2 atom stereocenters. The summed E-state index contributed by atoms with van der Waals surface area (Å²) in [6.07, 6.45) is -2.83. The van der Waals surface area contributed by atoms with Crippen molar-refractivity contribution in [3.8, 4) is 0 Å². The van der Waals surface area contributed by atoms with E-state index in [2.05, 4.69) is 15.5 Å². The van der Waals surface area contributed by atoms with Crippen LogP contribution in [0, 0.1) is 5.92 Å². The molecule has 4 rings (SSSR count). The molecule has 9 heteroatoms. The molecule has 1 aliphatic rings. The van der Waals surface area contributed by atoms with Crippen LogP contribution in [0.2, 0.25) is 0 Å². The standard InChI is InChI=1S/C20H17F3N4O2/c1-27-10-14(11-5-7-13(8-6-11)20(21,22)23)16(19(27)29)18(28)25-15-4-2-3-12-9-24-26-17(12)15/h2-9,14,16H,10H2,1H3,(H,24,26)(H,25,28)/t14-,16+/m0/s1. The summed E-state index contributed by atoms with van der Waals surface area (Å²) < 4.78 is 38.5. The molecule has 1 fully saturated rings. The number of halogens is 3. The summed E-state index contributed by atoms with van der Waals surface area (Å²) in [4.78, 5) is 27.0. The third-order valence-electron chi connectivity index (χ3n) is 5.20. The normalized spacial score (nSPS) is 19.7. The third-order valence-corrected chi connectivity index (χ3v) is 5.20. The number of anilines is 1. The van der Waals surface area contributed by atoms with Crippen LogP contribution >= 0.6 is 0 Å². The largest absolute Gasteiger partial charge is 0.416 e. The number of likely N-dealkylation sites (N-methyl/N-ethyl adjacent to an activating group) is 1. The minimum Gasteiger partial charge on any atom is -0.344 e. The number of nitrogens with zero attached hydrogens (tertiary/aromatic N) is 2. The van der Waals surface area contributed by atoms with E-state index in [0.29, 0.717) is 16.8 Å². The Bertz CT molecular complexity index is 1080. The van der Waals surface area contributed by atoms with Gasteiger partial charge in [-0.1, -0.05) is 24.3 Å². The molecule has 150 valence electrons. The van der Waals surface area contributed by atoms with Gasteiger partial charge in [-0.25, -0.2) is 0 Å². The molecule has 3 aromatic rings. The van der Waals surface area contributed by atoms with Crippen molar-refractivity contribution in [3.05, 3.63) is 59.8 Å². The number of aromatic nitrogens is 2. The minimum absolute atomic E-state index is 0.247. The monoisotopic (exact) mass is 402 g/mol. The lowest BCUT2D eigenvalue weighted by Crippen LogP contribution is -2.32. The van der Waals surface area contributed by atoms with Gasteiger partial charge in [0.05, 0.1) is 23.0 Å². The van der Waals surface area contributed by atoms with Crippen molar-refractivity contribution >= 4 is 28.4 Å². The molecule has 1 aliphatic heterocycles. The SMILES string of the molecule is CN1C[C@@H](c2ccc(C(F)(F)F)cc2)[C@H](C(=O)Nc2cccc3cn[nH]c23)C1=O. The smallest absolute Gasteiger partial charge is 0.344 e. The first-order chi connectivity index (χ1) is 13.8. The van der Waals surface area contributed by atoms with Crippen molar-refractivity contribution in [3.63, 3.8) is 0 Å². The van der Waals surface area contributed by atoms with Crippen LogP contribution in [0.3, 0.4) is 0 Å². The van der Waals surface area contributed by atoms with Gasteiger partial charge in [-0.05, 0) is 23.8 Å². The van der Waals surface area contributed by atoms with Gasteiger partial charge in [0.25, 0.3) is 0 Å². The number of fused-ring (bicyclic) bond motifs is 1. The number of aromatic amines is 1. The zero-order chi connectivity index (χ0) is 20.8. The second-order valence-corrected chi connectivity index (χ2v) is 7.05. The minimum atomic E-state index is -4.44. The van der Waals surface area contributed by atoms with E-state index in [4.69, 9.17) is 0 Å². The highest BCUT2D eigenvalue weighted by atomic mass is 19.4. The fourth-order valence-corrected chi connectivity index (χ4v) is 3.70. The zero-order valence-electron chi connectivity index (χ0n) is 15.3. The van der Waals surface area contributed by atoms with Crippen LogP contribution < -0.4 is 5.32 Å². The lowest BCUT2D eigenvalue weighted by molar-refractivity contribution is -0.138. The quantitative estimate of drug-likeness (QED) is 0.660. The number of amides is 2. The summed E-state index contributed by atoms with van der Waals surface area (Å²) in [5.74, 6) is -2.46. The van der Waals surface area contributed by atoms with Crippen molar-refractivity contribution in [1.29, 1.82) is 0 Å². The van der Waals surface area contributed by atoms with Crippen molar-refractivity contribution in [2.75, 3.05) is 18.9 Å². The van der Waals surface area contributed by atoms with Crippen LogP contribution in [0.4, 0.5) is 18.9 Å². The Hall–Kier alpha value is -3.36. The number of carbonyl (C=O) groups excluding carboxylic acids is 2. The Morgan fingerprint density at radius 1 is 1.21 bits per heavy atom. The van der Waals surface area contributed by atoms with Crippen molar-refractivity contribution < 1.29 is 22.8 Å². The maximum Gasteiger partial charge on any atom is 0.416 e. The fraction of sp³-hybridized carbons (Fsp3) is 0.250. The molecule has 0 saturated carbocycles. The molecule has 0 radical (unpaired) electrons. The highest BCUT2D eigenvalue weighted by Gasteiger charge is 2.44. The lowest BCUT2D eigenvalue weighted by atomic mass is 9.87. The molecular formula is C20H17F3N4O2. The van der Waals surface area contributed by atoms with Crippen molar-refractivity contribution in [2.45, 2.75) is 12.1 Å². The summed E-state index contributed by atoms with van der Waals surface area (Å²) in [6, 6.07) is 9.87. The number of benzene rings is 2. The second kappa shape index (κ2) is 6.91. The number of hydrogen-bond acceptors (Lipinski definition) is 3. The molecule has 2 N–H and O–H groups in total. The number of hydrogen-bond donors (Lipinski definition) is 2. The first kappa shape index (κ1) is 19.0. The average Bonchev–Trinajstić information content (AvgIpc) is 3.27. The fourth-order valence-electron chi connectivity index (χ4n) is 3.70. The van der Waals surface area contributed by atoms with E-state index in [1.807, 2.05) is 6.07 Å². The number of carbonyl (C=O) groups is 2. The van der Waals surface area contributed by atoms with Crippen LogP contribution in [0.15, 0.2) is 48.7 Å².